The van der Waals surface area contributed by atoms with Gasteiger partial charge in [-0.1, -0.05) is 36.1 Å². The Morgan fingerprint density at radius 1 is 0.333 bits per heavy atom. The zero-order chi connectivity index (χ0) is 81.7. The van der Waals surface area contributed by atoms with Crippen LogP contribution in [0.1, 0.15) is 158 Å². The van der Waals surface area contributed by atoms with Crippen LogP contribution in [0.2, 0.25) is 0 Å². The highest BCUT2D eigenvalue weighted by molar-refractivity contribution is 7.08. The number of hydrogen-bond donors (Lipinski definition) is 3. The van der Waals surface area contributed by atoms with E-state index in [2.05, 4.69) is 39.2 Å². The molecule has 3 N–H and O–H groups in total. The Morgan fingerprint density at radius 2 is 0.685 bits per heavy atom. The lowest BCUT2D eigenvalue weighted by atomic mass is 10.1. The molecule has 0 aliphatic rings. The lowest BCUT2D eigenvalue weighted by Gasteiger charge is -2.20. The fourth-order valence-electron chi connectivity index (χ4n) is 8.87. The topological polar surface area (TPSA) is 249 Å². The molecule has 0 saturated carbocycles. The second kappa shape index (κ2) is 38.3. The van der Waals surface area contributed by atoms with E-state index in [-0.39, 0.29) is 68.8 Å². The summed E-state index contributed by atoms with van der Waals surface area (Å²) >= 11 is 4.74. The number of rotatable bonds is 17. The quantitative estimate of drug-likeness (QED) is 0.0332. The number of ether oxygens (including phenoxy) is 12. The maximum atomic E-state index is 14.8. The lowest BCUT2D eigenvalue weighted by molar-refractivity contribution is 0.0188. The zero-order valence-electron chi connectivity index (χ0n) is 64.9. The van der Waals surface area contributed by atoms with Crippen molar-refractivity contribution in [1.29, 1.82) is 0 Å². The van der Waals surface area contributed by atoms with Crippen molar-refractivity contribution in [2.24, 2.45) is 0 Å². The van der Waals surface area contributed by atoms with Crippen LogP contribution in [0, 0.1) is 29.3 Å². The first-order valence-electron chi connectivity index (χ1n) is 34.6. The Bertz CT molecular complexity index is 4780. The number of anilines is 3. The van der Waals surface area contributed by atoms with Crippen LogP contribution < -0.4 is 44.4 Å². The lowest BCUT2D eigenvalue weighted by Crippen LogP contribution is -2.27. The molecule has 27 heteroatoms. The Morgan fingerprint density at radius 3 is 1.07 bits per heavy atom. The zero-order valence-corrected chi connectivity index (χ0v) is 67.3. The average molecular weight is 1580 g/mol. The number of halogens is 3. The van der Waals surface area contributed by atoms with Crippen LogP contribution >= 0.6 is 34.0 Å². The Hall–Kier alpha value is -11.5. The molecular weight excluding hydrogens is 1490 g/mol. The highest BCUT2D eigenvalue weighted by Gasteiger charge is 2.27. The van der Waals surface area contributed by atoms with E-state index in [1.54, 1.807) is 184 Å². The van der Waals surface area contributed by atoms with Crippen LogP contribution in [0.25, 0.3) is 12.2 Å². The van der Waals surface area contributed by atoms with Gasteiger partial charge in [0.15, 0.2) is 69.2 Å². The third kappa shape index (κ3) is 32.3. The number of carbonyl (C=O) groups excluding carboxylic acids is 6. The molecule has 588 valence electrons. The summed E-state index contributed by atoms with van der Waals surface area (Å²) in [4.78, 5) is 73.0. The Balaban J connectivity index is 0.000000231. The minimum Gasteiger partial charge on any atom is -0.450 e. The van der Waals surface area contributed by atoms with Gasteiger partial charge >= 0.3 is 36.7 Å². The van der Waals surface area contributed by atoms with E-state index in [0.717, 1.165) is 46.9 Å². The van der Waals surface area contributed by atoms with Gasteiger partial charge in [-0.2, -0.15) is 34.0 Å². The molecule has 0 aliphatic heterocycles. The van der Waals surface area contributed by atoms with Crippen molar-refractivity contribution in [3.8, 4) is 63.6 Å². The molecule has 111 heavy (non-hydrogen) atoms. The van der Waals surface area contributed by atoms with E-state index in [1.165, 1.54) is 65.4 Å². The molecule has 0 radical (unpaired) electrons. The molecule has 0 spiro atoms. The predicted octanol–water partition coefficient (Wildman–Crippen LogP) is 24.4. The van der Waals surface area contributed by atoms with Crippen LogP contribution in [0.3, 0.4) is 0 Å². The van der Waals surface area contributed by atoms with Crippen LogP contribution in [0.15, 0.2) is 160 Å². The van der Waals surface area contributed by atoms with E-state index >= 15 is 0 Å². The molecule has 0 atom stereocenters. The molecule has 3 amide bonds. The molecule has 9 aromatic rings. The highest BCUT2D eigenvalue weighted by Crippen LogP contribution is 2.40. The SMILES string of the molecule is CC(C)(C)OC(=O)Nc1ccc(Oc2ccc(/C=C/c3ccsc3)cc2OC(=O)OC(C)(C)C)c(F)c1.CC(C)(C)OC(=O)Nc1ccc(Oc2ccc(C#Cc3ccsc3)cc2OC(=O)OC(C)(C)C)c(F)c1.CC(C)(C)OC(=O)Nc1ccc(Oc2ccc(CCc3ccsc3)cc2OC(=O)OC(C)(C)C)c(F)c1. The minimum atomic E-state index is -0.947. The van der Waals surface area contributed by atoms with Crippen molar-refractivity contribution in [1.82, 2.24) is 0 Å². The van der Waals surface area contributed by atoms with Gasteiger partial charge in [0.05, 0.1) is 0 Å². The standard InChI is InChI=1S/C28H32FNO6S.C28H30FNO6S.C28H28FNO6S/c3*1-27(2,3)35-25(31)30-20-10-12-22(21(29)16-20)33-23-11-9-18(7-8-19-13-14-37-17-19)15-24(23)34-26(32)36-28(4,5)6/h9-17H,7-8H2,1-6H3,(H,30,31);7-17H,1-6H3,(H,30,31);9-17H,1-6H3,(H,30,31)/b;8-7+;. The number of benzene rings is 6. The first kappa shape index (κ1) is 86.8. The fourth-order valence-corrected chi connectivity index (χ4v) is 10.8. The van der Waals surface area contributed by atoms with Crippen LogP contribution in [-0.4, -0.2) is 70.4 Å². The molecule has 9 rings (SSSR count). The van der Waals surface area contributed by atoms with Crippen molar-refractivity contribution >= 4 is 100.0 Å². The largest absolute Gasteiger partial charge is 0.514 e. The number of aryl methyl sites for hydroxylation is 2. The van der Waals surface area contributed by atoms with Crippen molar-refractivity contribution in [2.75, 3.05) is 16.0 Å². The van der Waals surface area contributed by atoms with Crippen LogP contribution in [0.5, 0.6) is 51.7 Å². The minimum absolute atomic E-state index is 0.00160. The molecule has 0 fully saturated rings. The third-order valence-corrected chi connectivity index (χ3v) is 15.3. The second-order valence-electron chi connectivity index (χ2n) is 30.3. The summed E-state index contributed by atoms with van der Waals surface area (Å²) in [6, 6.07) is 32.4. The number of nitrogens with one attached hydrogen (secondary N) is 3. The molecule has 3 aromatic heterocycles. The average Bonchev–Trinajstić information content (AvgIpc) is 1.34. The Labute approximate surface area is 656 Å². The van der Waals surface area contributed by atoms with Gasteiger partial charge in [-0.05, 0) is 278 Å². The fraction of sp³-hybridized carbons (Fsp3) is 0.310. The summed E-state index contributed by atoms with van der Waals surface area (Å²) in [6.45, 7) is 31.0. The van der Waals surface area contributed by atoms with Crippen molar-refractivity contribution in [3.05, 3.63) is 211 Å². The maximum absolute atomic E-state index is 14.8. The van der Waals surface area contributed by atoms with Gasteiger partial charge in [-0.15, -0.1) is 0 Å². The van der Waals surface area contributed by atoms with Crippen molar-refractivity contribution < 1.29 is 98.8 Å². The third-order valence-electron chi connectivity index (χ3n) is 13.2. The smallest absolute Gasteiger partial charge is 0.450 e. The summed E-state index contributed by atoms with van der Waals surface area (Å²) in [6.07, 6.45) is 0.401. The first-order chi connectivity index (χ1) is 51.8. The molecule has 0 saturated heterocycles. The summed E-state index contributed by atoms with van der Waals surface area (Å²) in [5.41, 5.74) is 1.48. The van der Waals surface area contributed by atoms with E-state index in [9.17, 15) is 41.9 Å². The second-order valence-corrected chi connectivity index (χ2v) is 32.6. The molecule has 0 bridgehead atoms. The van der Waals surface area contributed by atoms with Gasteiger partial charge in [0.2, 0.25) is 0 Å². The van der Waals surface area contributed by atoms with E-state index in [4.69, 9.17) is 56.8 Å². The van der Waals surface area contributed by atoms with Crippen LogP contribution in [-0.2, 0) is 41.3 Å². The highest BCUT2D eigenvalue weighted by atomic mass is 32.1. The van der Waals surface area contributed by atoms with Gasteiger partial charge in [-0.25, -0.2) is 41.9 Å². The van der Waals surface area contributed by atoms with E-state index < -0.39 is 87.8 Å². The van der Waals surface area contributed by atoms with Gasteiger partial charge in [0.1, 0.15) is 33.6 Å². The number of amides is 3. The number of hydrogen-bond acceptors (Lipinski definition) is 21. The maximum Gasteiger partial charge on any atom is 0.514 e. The molecule has 6 aromatic carbocycles. The Kier molecular flexibility index (Phi) is 29.9. The molecule has 0 unspecified atom stereocenters. The van der Waals surface area contributed by atoms with Crippen molar-refractivity contribution in [3.63, 3.8) is 0 Å². The molecule has 3 heterocycles. The van der Waals surface area contributed by atoms with Gasteiger partial charge in [0.25, 0.3) is 0 Å². The summed E-state index contributed by atoms with van der Waals surface area (Å²) < 4.78 is 109. The summed E-state index contributed by atoms with van der Waals surface area (Å²) in [5.74, 6) is 3.86. The first-order valence-corrected chi connectivity index (χ1v) is 37.5. The molecular formula is C84H90F3N3O18S3. The summed E-state index contributed by atoms with van der Waals surface area (Å²) in [5, 5.41) is 19.3. The number of thiophene rings is 3. The van der Waals surface area contributed by atoms with Crippen molar-refractivity contribution in [2.45, 2.75) is 171 Å². The van der Waals surface area contributed by atoms with E-state index in [1.807, 2.05) is 57.3 Å². The van der Waals surface area contributed by atoms with E-state index in [0.29, 0.717) is 12.0 Å². The molecule has 21 nitrogen and oxygen atoms in total. The monoisotopic (exact) mass is 1580 g/mol. The predicted molar refractivity (Wildman–Crippen MR) is 424 cm³/mol. The number of carbonyl (C=O) groups is 6. The normalized spacial score (nSPS) is 11.5. The van der Waals surface area contributed by atoms with Gasteiger partial charge in [0, 0.05) is 57.8 Å². The summed E-state index contributed by atoms with van der Waals surface area (Å²) in [7, 11) is 0. The molecule has 0 aliphatic carbocycles. The van der Waals surface area contributed by atoms with Crippen LogP contribution in [0.4, 0.5) is 59.0 Å². The van der Waals surface area contributed by atoms with Gasteiger partial charge in [-0.3, -0.25) is 16.0 Å². The van der Waals surface area contributed by atoms with Gasteiger partial charge < -0.3 is 56.8 Å².